The molecule has 2 aliphatic heterocycles. The van der Waals surface area contributed by atoms with E-state index in [2.05, 4.69) is 25.9 Å². The van der Waals surface area contributed by atoms with Crippen LogP contribution in [0.3, 0.4) is 0 Å². The zero-order chi connectivity index (χ0) is 22.5. The average Bonchev–Trinajstić information content (AvgIpc) is 3.50. The van der Waals surface area contributed by atoms with Gasteiger partial charge in [0.2, 0.25) is 0 Å². The number of carbonyl (C=O) groups excluding carboxylic acids is 1. The van der Waals surface area contributed by atoms with E-state index in [-0.39, 0.29) is 80.6 Å². The van der Waals surface area contributed by atoms with Crippen molar-refractivity contribution in [1.29, 1.82) is 0 Å². The molecule has 3 aromatic rings. The Morgan fingerprint density at radius 3 is 2.70 bits per heavy atom. The molecule has 9 heteroatoms. The van der Waals surface area contributed by atoms with Gasteiger partial charge in [-0.25, -0.2) is 4.39 Å². The number of aromatic amines is 1. The number of ether oxygens (including phenoxy) is 1. The van der Waals surface area contributed by atoms with Crippen molar-refractivity contribution in [3.63, 3.8) is 0 Å². The van der Waals surface area contributed by atoms with Crippen LogP contribution in [-0.4, -0.2) is 42.6 Å². The maximum absolute atomic E-state index is 14.0. The van der Waals surface area contributed by atoms with Crippen molar-refractivity contribution in [2.75, 3.05) is 32.1 Å². The van der Waals surface area contributed by atoms with Crippen LogP contribution < -0.4 is 84.3 Å². The van der Waals surface area contributed by atoms with Crippen LogP contribution in [0.15, 0.2) is 36.7 Å². The van der Waals surface area contributed by atoms with Gasteiger partial charge in [0.15, 0.2) is 0 Å². The molecule has 0 aliphatic carbocycles. The van der Waals surface area contributed by atoms with E-state index in [1.165, 1.54) is 18.9 Å². The molecule has 2 aromatic heterocycles. The monoisotopic (exact) mass is 569 g/mol. The van der Waals surface area contributed by atoms with Gasteiger partial charge in [0.1, 0.15) is 11.6 Å². The molecule has 3 N–H and O–H groups in total. The summed E-state index contributed by atoms with van der Waals surface area (Å²) < 4.78 is 19.4. The van der Waals surface area contributed by atoms with E-state index >= 15 is 0 Å². The molecule has 1 fully saturated rings. The van der Waals surface area contributed by atoms with Crippen LogP contribution >= 0.6 is 0 Å². The summed E-state index contributed by atoms with van der Waals surface area (Å²) in [6.45, 7) is 4.52. The van der Waals surface area contributed by atoms with Crippen LogP contribution in [0.4, 0.5) is 15.8 Å². The van der Waals surface area contributed by atoms with Crippen molar-refractivity contribution in [3.8, 4) is 17.0 Å². The third kappa shape index (κ3) is 6.02. The Bertz CT molecular complexity index is 1110. The predicted octanol–water partition coefficient (Wildman–Crippen LogP) is 1.72. The first-order valence-corrected chi connectivity index (χ1v) is 10.8. The fourth-order valence-corrected chi connectivity index (χ4v) is 3.89. The minimum absolute atomic E-state index is 0. The Labute approximate surface area is 252 Å². The molecule has 5 rings (SSSR count). The zero-order valence-corrected chi connectivity index (χ0v) is 25.6. The molecule has 168 valence electrons. The van der Waals surface area contributed by atoms with Crippen molar-refractivity contribution < 1.29 is 82.8 Å². The molecule has 0 spiro atoms. The molecule has 7 nitrogen and oxygen atoms in total. The van der Waals surface area contributed by atoms with Crippen LogP contribution in [0.25, 0.3) is 16.6 Å². The first-order chi connectivity index (χ1) is 15.6. The van der Waals surface area contributed by atoms with Gasteiger partial charge < -0.3 is 25.7 Å². The summed E-state index contributed by atoms with van der Waals surface area (Å²) in [4.78, 5) is 20.0. The van der Waals surface area contributed by atoms with Crippen LogP contribution in [0.5, 0.6) is 5.75 Å². The average molecular weight is 569 g/mol. The molecule has 0 radical (unpaired) electrons. The number of rotatable bonds is 4. The summed E-state index contributed by atoms with van der Waals surface area (Å²) in [5.41, 5.74) is 4.54. The van der Waals surface area contributed by atoms with E-state index in [1.54, 1.807) is 38.6 Å². The number of nitrogens with one attached hydrogen (secondary N) is 3. The minimum Gasteiger partial charge on any atom is -0.662 e. The fourth-order valence-electron chi connectivity index (χ4n) is 3.89. The van der Waals surface area contributed by atoms with Crippen LogP contribution in [-0.2, 0) is 6.42 Å². The molecule has 1 aromatic carbocycles. The molecule has 33 heavy (non-hydrogen) atoms. The maximum atomic E-state index is 14.0. The Morgan fingerprint density at radius 1 is 1.21 bits per heavy atom. The Hall–Kier alpha value is -1.34. The van der Waals surface area contributed by atoms with E-state index in [1.807, 2.05) is 6.07 Å². The Morgan fingerprint density at radius 2 is 2.00 bits per heavy atom. The number of pyridine rings is 1. The van der Waals surface area contributed by atoms with Crippen molar-refractivity contribution >= 4 is 17.3 Å². The van der Waals surface area contributed by atoms with Gasteiger partial charge in [0, 0.05) is 41.7 Å². The van der Waals surface area contributed by atoms with Gasteiger partial charge in [-0.05, 0) is 25.1 Å². The number of carbonyl (C=O) groups is 1. The van der Waals surface area contributed by atoms with Gasteiger partial charge in [-0.15, -0.1) is 13.1 Å². The number of fused-ring (bicyclic) bond motifs is 1. The van der Waals surface area contributed by atoms with Gasteiger partial charge in [0.25, 0.3) is 5.91 Å². The van der Waals surface area contributed by atoms with Gasteiger partial charge in [0.05, 0.1) is 30.3 Å². The summed E-state index contributed by atoms with van der Waals surface area (Å²) in [6.07, 6.45) is 6.63. The summed E-state index contributed by atoms with van der Waals surface area (Å²) in [6, 6.07) is 6.65. The number of hydrogen-bond acceptors (Lipinski definition) is 4. The number of amides is 1. The summed E-state index contributed by atoms with van der Waals surface area (Å²) >= 11 is 0. The Kier molecular flexibility index (Phi) is 9.86. The van der Waals surface area contributed by atoms with E-state index < -0.39 is 0 Å². The smallest absolute Gasteiger partial charge is 0.662 e. The van der Waals surface area contributed by atoms with Crippen LogP contribution in [0.2, 0.25) is 0 Å². The number of nitrogens with zero attached hydrogens (tertiary/aromatic N) is 2. The molecule has 2 aliphatic rings. The zero-order valence-electron chi connectivity index (χ0n) is 19.3. The standard InChI is InChI=1S/C20H19FN4O2.C4H8N.Cs/c1-11-13(21)4-3-5-14(11)24-19-17-15(7-9-23-20(17)26)25-18(19)12-6-8-22-10-16(12)27-2;1-2-4-5-3-1;/h3-6,8,10,24-25H,7,9H2,1-2H3,(H,23,26);1-4H2;/q;-1;+1. The molecule has 0 atom stereocenters. The van der Waals surface area contributed by atoms with E-state index in [0.717, 1.165) is 24.3 Å². The van der Waals surface area contributed by atoms with Gasteiger partial charge >= 0.3 is 68.9 Å². The number of H-pyrrole nitrogens is 1. The van der Waals surface area contributed by atoms with Gasteiger partial charge in [-0.3, -0.25) is 9.78 Å². The second-order valence-corrected chi connectivity index (χ2v) is 7.73. The summed E-state index contributed by atoms with van der Waals surface area (Å²) in [7, 11) is 1.57. The van der Waals surface area contributed by atoms with E-state index in [9.17, 15) is 9.18 Å². The van der Waals surface area contributed by atoms with Crippen molar-refractivity contribution in [2.24, 2.45) is 0 Å². The summed E-state index contributed by atoms with van der Waals surface area (Å²) in [5.74, 6) is 0.107. The van der Waals surface area contributed by atoms with Crippen LogP contribution in [0, 0.1) is 12.7 Å². The normalized spacial score (nSPS) is 14.3. The molecule has 1 amide bonds. The number of halogens is 1. The first-order valence-electron chi connectivity index (χ1n) is 10.8. The molecule has 1 saturated heterocycles. The SMILES string of the molecule is C1CC[N-]C1.COc1cnccc1-c1[nH]c2c(c1Nc1cccc(F)c1C)C(=O)NCC2.[Cs+]. The molecular formula is C24H27CsFN5O2. The third-order valence-corrected chi connectivity index (χ3v) is 5.65. The molecule has 0 bridgehead atoms. The van der Waals surface area contributed by atoms with Gasteiger partial charge in [-0.1, -0.05) is 18.9 Å². The first kappa shape index (κ1) is 26.3. The second kappa shape index (κ2) is 12.4. The van der Waals surface area contributed by atoms with Crippen molar-refractivity contribution in [2.45, 2.75) is 26.2 Å². The molecular weight excluding hydrogens is 542 g/mol. The number of benzene rings is 1. The van der Waals surface area contributed by atoms with E-state index in [0.29, 0.717) is 46.9 Å². The Balaban J connectivity index is 0.000000453. The largest absolute Gasteiger partial charge is 1.00 e. The third-order valence-electron chi connectivity index (χ3n) is 5.65. The number of methoxy groups -OCH3 is 1. The predicted molar refractivity (Wildman–Crippen MR) is 123 cm³/mol. The van der Waals surface area contributed by atoms with Gasteiger partial charge in [-0.2, -0.15) is 0 Å². The maximum Gasteiger partial charge on any atom is 1.00 e. The van der Waals surface area contributed by atoms with Crippen molar-refractivity contribution in [1.82, 2.24) is 15.3 Å². The molecule has 0 saturated carbocycles. The minimum atomic E-state index is -0.308. The number of aromatic nitrogens is 2. The van der Waals surface area contributed by atoms with Crippen LogP contribution in [0.1, 0.15) is 34.5 Å². The topological polar surface area (TPSA) is 93.1 Å². The molecule has 4 heterocycles. The molecule has 0 unspecified atom stereocenters. The summed E-state index contributed by atoms with van der Waals surface area (Å²) in [5, 5.41) is 10.2. The second-order valence-electron chi connectivity index (χ2n) is 7.73. The van der Waals surface area contributed by atoms with E-state index in [4.69, 9.17) is 4.74 Å². The fraction of sp³-hybridized carbons (Fsp3) is 0.333. The number of hydrogen-bond donors (Lipinski definition) is 3. The number of anilines is 2. The quantitative estimate of drug-likeness (QED) is 0.447. The van der Waals surface area contributed by atoms with Crippen molar-refractivity contribution in [3.05, 3.63) is 64.6 Å².